The lowest BCUT2D eigenvalue weighted by atomic mass is 9.78. The maximum Gasteiger partial charge on any atom is 0.312 e. The monoisotopic (exact) mass is 434 g/mol. The number of rotatable bonds is 7. The third-order valence-corrected chi connectivity index (χ3v) is 6.94. The van der Waals surface area contributed by atoms with Crippen LogP contribution in [0.25, 0.3) is 0 Å². The highest BCUT2D eigenvalue weighted by atomic mass is 16.5. The van der Waals surface area contributed by atoms with E-state index >= 15 is 0 Å². The number of azo groups is 1. The topological polar surface area (TPSA) is 77.3 Å². The summed E-state index contributed by atoms with van der Waals surface area (Å²) in [6.07, 6.45) is 3.74. The predicted octanol–water partition coefficient (Wildman–Crippen LogP) is 4.77. The maximum atomic E-state index is 12.5. The fourth-order valence-electron chi connectivity index (χ4n) is 5.01. The van der Waals surface area contributed by atoms with Crippen LogP contribution in [0.1, 0.15) is 48.4 Å². The van der Waals surface area contributed by atoms with E-state index in [0.29, 0.717) is 6.42 Å². The van der Waals surface area contributed by atoms with Gasteiger partial charge in [-0.1, -0.05) is 67.4 Å². The number of methoxy groups -OCH3 is 2. The van der Waals surface area contributed by atoms with Crippen LogP contribution in [0.2, 0.25) is 0 Å². The molecule has 1 unspecified atom stereocenters. The number of hydrogen-bond donors (Lipinski definition) is 0. The van der Waals surface area contributed by atoms with Gasteiger partial charge in [-0.2, -0.15) is 10.2 Å². The van der Waals surface area contributed by atoms with Crippen molar-refractivity contribution < 1.29 is 19.1 Å². The molecule has 0 radical (unpaired) electrons. The van der Waals surface area contributed by atoms with Crippen molar-refractivity contribution in [1.82, 2.24) is 0 Å². The molecule has 2 aliphatic rings. The zero-order valence-corrected chi connectivity index (χ0v) is 19.1. The van der Waals surface area contributed by atoms with Gasteiger partial charge in [0.1, 0.15) is 22.9 Å². The molecule has 2 aromatic rings. The average Bonchev–Trinajstić information content (AvgIpc) is 3.29. The second-order valence-corrected chi connectivity index (χ2v) is 8.90. The first-order valence-corrected chi connectivity index (χ1v) is 11.2. The number of aryl methyl sites for hydroxylation is 2. The van der Waals surface area contributed by atoms with Crippen molar-refractivity contribution in [3.63, 3.8) is 0 Å². The number of unbranched alkanes of at least 4 members (excludes halogenated alkanes) is 1. The molecule has 1 fully saturated rings. The number of ether oxygens (including phenoxy) is 2. The second-order valence-electron chi connectivity index (χ2n) is 8.90. The molecule has 3 atom stereocenters. The first-order chi connectivity index (χ1) is 15.4. The smallest absolute Gasteiger partial charge is 0.312 e. The SMILES string of the molecule is CCCCc1ccc(C2(c3ccc(C)cc3)CC3(N=N2)[C@@H](C(=O)OC)[C@@H]3C(=O)OC)cc1. The van der Waals surface area contributed by atoms with Crippen LogP contribution < -0.4 is 0 Å². The number of carbonyl (C=O) groups is 2. The Balaban J connectivity index is 1.76. The highest BCUT2D eigenvalue weighted by molar-refractivity contribution is 5.92. The van der Waals surface area contributed by atoms with Gasteiger partial charge < -0.3 is 9.47 Å². The van der Waals surface area contributed by atoms with Crippen LogP contribution in [0, 0.1) is 18.8 Å². The van der Waals surface area contributed by atoms with E-state index in [4.69, 9.17) is 14.6 Å². The number of hydrogen-bond acceptors (Lipinski definition) is 6. The largest absolute Gasteiger partial charge is 0.469 e. The van der Waals surface area contributed by atoms with Gasteiger partial charge in [0.2, 0.25) is 0 Å². The van der Waals surface area contributed by atoms with E-state index in [0.717, 1.165) is 36.0 Å². The molecular formula is C26H30N2O4. The molecule has 0 saturated heterocycles. The molecule has 6 nitrogen and oxygen atoms in total. The van der Waals surface area contributed by atoms with Crippen LogP contribution in [-0.2, 0) is 31.0 Å². The van der Waals surface area contributed by atoms with E-state index in [1.165, 1.54) is 19.8 Å². The van der Waals surface area contributed by atoms with Crippen LogP contribution in [-0.4, -0.2) is 31.7 Å². The summed E-state index contributed by atoms with van der Waals surface area (Å²) >= 11 is 0. The summed E-state index contributed by atoms with van der Waals surface area (Å²) in [4.78, 5) is 25.0. The summed E-state index contributed by atoms with van der Waals surface area (Å²) in [5.41, 5.74) is 2.71. The molecule has 1 aliphatic heterocycles. The Kier molecular flexibility index (Phi) is 5.89. The van der Waals surface area contributed by atoms with Crippen LogP contribution in [0.15, 0.2) is 58.8 Å². The molecule has 0 aromatic heterocycles. The number of esters is 2. The summed E-state index contributed by atoms with van der Waals surface area (Å²) < 4.78 is 9.97. The Hall–Kier alpha value is -3.02. The molecule has 0 bridgehead atoms. The van der Waals surface area contributed by atoms with E-state index in [1.54, 1.807) is 0 Å². The van der Waals surface area contributed by atoms with Gasteiger partial charge in [-0.05, 0) is 36.5 Å². The number of nitrogens with zero attached hydrogens (tertiary/aromatic N) is 2. The lowest BCUT2D eigenvalue weighted by Crippen LogP contribution is -2.28. The van der Waals surface area contributed by atoms with Crippen molar-refractivity contribution in [3.8, 4) is 0 Å². The van der Waals surface area contributed by atoms with Gasteiger partial charge in [0.25, 0.3) is 0 Å². The van der Waals surface area contributed by atoms with Crippen molar-refractivity contribution in [3.05, 3.63) is 70.8 Å². The first-order valence-electron chi connectivity index (χ1n) is 11.2. The van der Waals surface area contributed by atoms with E-state index in [1.807, 2.05) is 6.92 Å². The summed E-state index contributed by atoms with van der Waals surface area (Å²) in [6, 6.07) is 16.7. The van der Waals surface area contributed by atoms with Gasteiger partial charge >= 0.3 is 11.9 Å². The summed E-state index contributed by atoms with van der Waals surface area (Å²) in [6.45, 7) is 4.22. The van der Waals surface area contributed by atoms with Crippen molar-refractivity contribution in [2.45, 2.75) is 50.6 Å². The molecule has 0 N–H and O–H groups in total. The summed E-state index contributed by atoms with van der Waals surface area (Å²) in [5, 5.41) is 9.39. The van der Waals surface area contributed by atoms with Gasteiger partial charge in [-0.15, -0.1) is 0 Å². The van der Waals surface area contributed by atoms with E-state index in [2.05, 4.69) is 60.6 Å². The molecule has 32 heavy (non-hydrogen) atoms. The Bertz CT molecular complexity index is 1010. The van der Waals surface area contributed by atoms with Gasteiger partial charge in [-0.3, -0.25) is 9.59 Å². The van der Waals surface area contributed by atoms with Gasteiger partial charge in [0.15, 0.2) is 0 Å². The van der Waals surface area contributed by atoms with Crippen molar-refractivity contribution >= 4 is 11.9 Å². The molecular weight excluding hydrogens is 404 g/mol. The van der Waals surface area contributed by atoms with Crippen molar-refractivity contribution in [2.24, 2.45) is 22.1 Å². The number of carbonyl (C=O) groups excluding carboxylic acids is 2. The quantitative estimate of drug-likeness (QED) is 0.588. The van der Waals surface area contributed by atoms with E-state index < -0.39 is 34.9 Å². The fourth-order valence-corrected chi connectivity index (χ4v) is 5.01. The normalized spacial score (nSPS) is 28.0. The standard InChI is InChI=1S/C26H30N2O4/c1-5-6-7-18-10-14-20(15-11-18)25(19-12-8-17(2)9-13-19)16-26(28-27-25)21(23(29)31-3)22(26)24(30)32-4/h8-15,21-22H,5-7,16H2,1-4H3/t21-,22-,25?/m1/s1. The Labute approximate surface area is 189 Å². The lowest BCUT2D eigenvalue weighted by Gasteiger charge is -2.27. The molecule has 4 rings (SSSR count). The second kappa shape index (κ2) is 8.49. The Morgan fingerprint density at radius 3 is 1.94 bits per heavy atom. The fraction of sp³-hybridized carbons (Fsp3) is 0.462. The highest BCUT2D eigenvalue weighted by Crippen LogP contribution is 2.65. The van der Waals surface area contributed by atoms with Crippen LogP contribution in [0.4, 0.5) is 0 Å². The minimum Gasteiger partial charge on any atom is -0.469 e. The first kappa shape index (κ1) is 22.2. The van der Waals surface area contributed by atoms with Gasteiger partial charge in [0.05, 0.1) is 14.2 Å². The highest BCUT2D eigenvalue weighted by Gasteiger charge is 2.78. The van der Waals surface area contributed by atoms with Gasteiger partial charge in [-0.25, -0.2) is 0 Å². The third kappa shape index (κ3) is 3.51. The maximum absolute atomic E-state index is 12.5. The average molecular weight is 435 g/mol. The zero-order chi connectivity index (χ0) is 22.9. The number of benzene rings is 2. The lowest BCUT2D eigenvalue weighted by molar-refractivity contribution is -0.148. The zero-order valence-electron chi connectivity index (χ0n) is 19.1. The molecule has 1 heterocycles. The molecule has 2 aromatic carbocycles. The van der Waals surface area contributed by atoms with Crippen LogP contribution >= 0.6 is 0 Å². The minimum atomic E-state index is -0.939. The Morgan fingerprint density at radius 1 is 0.906 bits per heavy atom. The predicted molar refractivity (Wildman–Crippen MR) is 120 cm³/mol. The third-order valence-electron chi connectivity index (χ3n) is 6.94. The van der Waals surface area contributed by atoms with E-state index in [-0.39, 0.29) is 0 Å². The molecule has 168 valence electrons. The van der Waals surface area contributed by atoms with Crippen LogP contribution in [0.5, 0.6) is 0 Å². The van der Waals surface area contributed by atoms with Crippen molar-refractivity contribution in [1.29, 1.82) is 0 Å². The molecule has 1 saturated carbocycles. The molecule has 0 amide bonds. The minimum absolute atomic E-state index is 0.414. The summed E-state index contributed by atoms with van der Waals surface area (Å²) in [7, 11) is 2.66. The summed E-state index contributed by atoms with van der Waals surface area (Å²) in [5.74, 6) is -2.26. The molecule has 1 aliphatic carbocycles. The molecule has 6 heteroatoms. The van der Waals surface area contributed by atoms with Crippen molar-refractivity contribution in [2.75, 3.05) is 14.2 Å². The van der Waals surface area contributed by atoms with Gasteiger partial charge in [0, 0.05) is 6.42 Å². The van der Waals surface area contributed by atoms with Crippen LogP contribution in [0.3, 0.4) is 0 Å². The van der Waals surface area contributed by atoms with E-state index in [9.17, 15) is 9.59 Å². The Morgan fingerprint density at radius 2 is 1.44 bits per heavy atom. The molecule has 1 spiro atoms.